The van der Waals surface area contributed by atoms with E-state index in [1.54, 1.807) is 11.9 Å². The van der Waals surface area contributed by atoms with Crippen LogP contribution in [0.2, 0.25) is 0 Å². The number of halogens is 3. The van der Waals surface area contributed by atoms with Gasteiger partial charge in [-0.25, -0.2) is 0 Å². The monoisotopic (exact) mass is 280 g/mol. The van der Waals surface area contributed by atoms with Crippen LogP contribution in [-0.4, -0.2) is 7.05 Å². The lowest BCUT2D eigenvalue weighted by molar-refractivity contribution is -0.137. The summed E-state index contributed by atoms with van der Waals surface area (Å²) in [7, 11) is 1.77. The van der Waals surface area contributed by atoms with Gasteiger partial charge in [-0.05, 0) is 37.3 Å². The van der Waals surface area contributed by atoms with Gasteiger partial charge < -0.3 is 10.6 Å². The SMILES string of the molecule is Cc1ccc(N(C)c2ccc(C(F)(F)F)cc2N)cc1. The van der Waals surface area contributed by atoms with Crippen LogP contribution in [-0.2, 0) is 6.18 Å². The van der Waals surface area contributed by atoms with E-state index < -0.39 is 11.7 Å². The van der Waals surface area contributed by atoms with Crippen LogP contribution in [0.4, 0.5) is 30.2 Å². The Morgan fingerprint density at radius 2 is 1.60 bits per heavy atom. The summed E-state index contributed by atoms with van der Waals surface area (Å²) in [6, 6.07) is 11.0. The zero-order chi connectivity index (χ0) is 14.9. The summed E-state index contributed by atoms with van der Waals surface area (Å²) in [6.45, 7) is 1.97. The molecule has 2 N–H and O–H groups in total. The number of hydrogen-bond acceptors (Lipinski definition) is 2. The smallest absolute Gasteiger partial charge is 0.397 e. The molecule has 0 saturated heterocycles. The maximum atomic E-state index is 12.6. The van der Waals surface area contributed by atoms with E-state index in [-0.39, 0.29) is 5.69 Å². The van der Waals surface area contributed by atoms with E-state index in [2.05, 4.69) is 0 Å². The first kappa shape index (κ1) is 14.2. The third kappa shape index (κ3) is 2.87. The molecule has 5 heteroatoms. The minimum atomic E-state index is -4.38. The Balaban J connectivity index is 2.36. The molecule has 0 bridgehead atoms. The van der Waals surface area contributed by atoms with Crippen LogP contribution in [0.1, 0.15) is 11.1 Å². The van der Waals surface area contributed by atoms with Crippen LogP contribution in [0.25, 0.3) is 0 Å². The van der Waals surface area contributed by atoms with Gasteiger partial charge >= 0.3 is 6.18 Å². The quantitative estimate of drug-likeness (QED) is 0.828. The number of nitrogen functional groups attached to an aromatic ring is 1. The first-order valence-corrected chi connectivity index (χ1v) is 6.06. The van der Waals surface area contributed by atoms with Crippen LogP contribution < -0.4 is 10.6 Å². The summed E-state index contributed by atoms with van der Waals surface area (Å²) in [5, 5.41) is 0. The second-order valence-electron chi connectivity index (χ2n) is 4.67. The molecule has 106 valence electrons. The Bertz CT molecular complexity index is 604. The number of benzene rings is 2. The Morgan fingerprint density at radius 1 is 1.00 bits per heavy atom. The third-order valence-electron chi connectivity index (χ3n) is 3.14. The van der Waals surface area contributed by atoms with Crippen molar-refractivity contribution < 1.29 is 13.2 Å². The van der Waals surface area contributed by atoms with Crippen LogP contribution in [0, 0.1) is 6.92 Å². The molecule has 0 saturated carbocycles. The van der Waals surface area contributed by atoms with Crippen molar-refractivity contribution in [2.24, 2.45) is 0 Å². The molecule has 0 aliphatic carbocycles. The molecule has 0 aromatic heterocycles. The molecule has 2 nitrogen and oxygen atoms in total. The number of anilines is 3. The molecule has 0 atom stereocenters. The van der Waals surface area contributed by atoms with Crippen molar-refractivity contribution in [2.45, 2.75) is 13.1 Å². The molecule has 2 rings (SSSR count). The van der Waals surface area contributed by atoms with Crippen LogP contribution in [0.5, 0.6) is 0 Å². The lowest BCUT2D eigenvalue weighted by atomic mass is 10.1. The van der Waals surface area contributed by atoms with Gasteiger partial charge in [-0.2, -0.15) is 13.2 Å². The van der Waals surface area contributed by atoms with Crippen molar-refractivity contribution >= 4 is 17.1 Å². The largest absolute Gasteiger partial charge is 0.416 e. The minimum Gasteiger partial charge on any atom is -0.397 e. The molecule has 0 aliphatic heterocycles. The first-order chi connectivity index (χ1) is 9.29. The fourth-order valence-corrected chi connectivity index (χ4v) is 1.94. The molecule has 2 aromatic rings. The Morgan fingerprint density at radius 3 is 2.10 bits per heavy atom. The minimum absolute atomic E-state index is 0.0999. The van der Waals surface area contributed by atoms with Gasteiger partial charge in [0.2, 0.25) is 0 Å². The molecule has 2 aromatic carbocycles. The fraction of sp³-hybridized carbons (Fsp3) is 0.200. The van der Waals surface area contributed by atoms with Gasteiger partial charge in [0, 0.05) is 12.7 Å². The van der Waals surface area contributed by atoms with Gasteiger partial charge in [0.1, 0.15) is 0 Å². The normalized spacial score (nSPS) is 11.4. The van der Waals surface area contributed by atoms with E-state index in [0.29, 0.717) is 5.69 Å². The average Bonchev–Trinajstić information content (AvgIpc) is 2.37. The highest BCUT2D eigenvalue weighted by Crippen LogP contribution is 2.35. The molecule has 0 unspecified atom stereocenters. The number of rotatable bonds is 2. The Labute approximate surface area is 115 Å². The average molecular weight is 280 g/mol. The van der Waals surface area contributed by atoms with Crippen molar-refractivity contribution in [3.8, 4) is 0 Å². The molecule has 0 aliphatic rings. The van der Waals surface area contributed by atoms with E-state index in [1.165, 1.54) is 6.07 Å². The number of nitrogens with zero attached hydrogens (tertiary/aromatic N) is 1. The molecular weight excluding hydrogens is 265 g/mol. The van der Waals surface area contributed by atoms with Crippen molar-refractivity contribution in [1.82, 2.24) is 0 Å². The van der Waals surface area contributed by atoms with E-state index in [9.17, 15) is 13.2 Å². The van der Waals surface area contributed by atoms with Crippen LogP contribution in [0.15, 0.2) is 42.5 Å². The molecule has 20 heavy (non-hydrogen) atoms. The molecule has 0 radical (unpaired) electrons. The lowest BCUT2D eigenvalue weighted by Crippen LogP contribution is -2.13. The zero-order valence-corrected chi connectivity index (χ0v) is 11.2. The Kier molecular flexibility index (Phi) is 3.61. The van der Waals surface area contributed by atoms with Gasteiger partial charge in [0.15, 0.2) is 0 Å². The lowest BCUT2D eigenvalue weighted by Gasteiger charge is -2.22. The standard InChI is InChI=1S/C15H15F3N2/c1-10-3-6-12(7-4-10)20(2)14-8-5-11(9-13(14)19)15(16,17)18/h3-9H,19H2,1-2H3. The number of nitrogens with two attached hydrogens (primary N) is 1. The van der Waals surface area contributed by atoms with Gasteiger partial charge in [0.25, 0.3) is 0 Å². The highest BCUT2D eigenvalue weighted by Gasteiger charge is 2.31. The Hall–Kier alpha value is -2.17. The summed E-state index contributed by atoms with van der Waals surface area (Å²) in [4.78, 5) is 1.76. The van der Waals surface area contributed by atoms with E-state index in [4.69, 9.17) is 5.73 Å². The highest BCUT2D eigenvalue weighted by molar-refractivity contribution is 5.75. The topological polar surface area (TPSA) is 29.3 Å². The summed E-state index contributed by atoms with van der Waals surface area (Å²) in [6.07, 6.45) is -4.38. The highest BCUT2D eigenvalue weighted by atomic mass is 19.4. The summed E-state index contributed by atoms with van der Waals surface area (Å²) in [5.41, 5.74) is 7.62. The fourth-order valence-electron chi connectivity index (χ4n) is 1.94. The number of hydrogen-bond donors (Lipinski definition) is 1. The predicted octanol–water partition coefficient (Wildman–Crippen LogP) is 4.36. The molecule has 0 spiro atoms. The number of aryl methyl sites for hydroxylation is 1. The number of alkyl halides is 3. The van der Waals surface area contributed by atoms with Gasteiger partial charge in [-0.15, -0.1) is 0 Å². The maximum Gasteiger partial charge on any atom is 0.416 e. The predicted molar refractivity (Wildman–Crippen MR) is 75.1 cm³/mol. The second kappa shape index (κ2) is 5.07. The van der Waals surface area contributed by atoms with Gasteiger partial charge in [-0.3, -0.25) is 0 Å². The zero-order valence-electron chi connectivity index (χ0n) is 11.2. The second-order valence-corrected chi connectivity index (χ2v) is 4.67. The van der Waals surface area contributed by atoms with Crippen molar-refractivity contribution in [1.29, 1.82) is 0 Å². The van der Waals surface area contributed by atoms with Crippen LogP contribution in [0.3, 0.4) is 0 Å². The van der Waals surface area contributed by atoms with E-state index in [1.807, 2.05) is 31.2 Å². The van der Waals surface area contributed by atoms with Gasteiger partial charge in [0.05, 0.1) is 16.9 Å². The summed E-state index contributed by atoms with van der Waals surface area (Å²) >= 11 is 0. The third-order valence-corrected chi connectivity index (χ3v) is 3.14. The van der Waals surface area contributed by atoms with Crippen LogP contribution >= 0.6 is 0 Å². The van der Waals surface area contributed by atoms with Crippen molar-refractivity contribution in [2.75, 3.05) is 17.7 Å². The summed E-state index contributed by atoms with van der Waals surface area (Å²) in [5.74, 6) is 0. The van der Waals surface area contributed by atoms with Crippen molar-refractivity contribution in [3.05, 3.63) is 53.6 Å². The first-order valence-electron chi connectivity index (χ1n) is 6.06. The van der Waals surface area contributed by atoms with Crippen molar-refractivity contribution in [3.63, 3.8) is 0 Å². The molecular formula is C15H15F3N2. The maximum absolute atomic E-state index is 12.6. The van der Waals surface area contributed by atoms with Gasteiger partial charge in [-0.1, -0.05) is 17.7 Å². The molecule has 0 amide bonds. The molecule has 0 heterocycles. The van der Waals surface area contributed by atoms with E-state index in [0.717, 1.165) is 23.4 Å². The van der Waals surface area contributed by atoms with E-state index >= 15 is 0 Å². The summed E-state index contributed by atoms with van der Waals surface area (Å²) < 4.78 is 37.8. The molecule has 0 fully saturated rings.